The number of carbonyl (C=O) groups excluding carboxylic acids is 1. The molecule has 0 fully saturated rings. The van der Waals surface area contributed by atoms with Crippen molar-refractivity contribution >= 4 is 11.8 Å². The first-order valence-electron chi connectivity index (χ1n) is 8.40. The predicted molar refractivity (Wildman–Crippen MR) is 94.0 cm³/mol. The fourth-order valence-electron chi connectivity index (χ4n) is 3.08. The molecule has 144 valence electrons. The van der Waals surface area contributed by atoms with Crippen molar-refractivity contribution < 1.29 is 22.7 Å². The Morgan fingerprint density at radius 2 is 1.85 bits per heavy atom. The van der Waals surface area contributed by atoms with Gasteiger partial charge in [0.1, 0.15) is 17.5 Å². The average molecular weight is 379 g/mol. The maximum absolute atomic E-state index is 13.6. The number of rotatable bonds is 2. The minimum absolute atomic E-state index is 0.0586. The van der Waals surface area contributed by atoms with Gasteiger partial charge in [0.25, 0.3) is 0 Å². The Kier molecular flexibility index (Phi) is 4.53. The maximum atomic E-state index is 13.6. The number of halogens is 3. The van der Waals surface area contributed by atoms with Crippen LogP contribution in [0.3, 0.4) is 0 Å². The number of nitrogens with zero attached hydrogens (tertiary/aromatic N) is 2. The molecule has 2 aromatic rings. The zero-order chi connectivity index (χ0) is 20.0. The lowest BCUT2D eigenvalue weighted by Gasteiger charge is -2.32. The van der Waals surface area contributed by atoms with Crippen LogP contribution in [-0.4, -0.2) is 21.4 Å². The summed E-state index contributed by atoms with van der Waals surface area (Å²) in [6.45, 7) is 6.75. The summed E-state index contributed by atoms with van der Waals surface area (Å²) < 4.78 is 47.7. The smallest absolute Gasteiger partial charge is 0.416 e. The minimum atomic E-state index is -4.57. The predicted octanol–water partition coefficient (Wildman–Crippen LogP) is 4.53. The lowest BCUT2D eigenvalue weighted by molar-refractivity contribution is -0.150. The number of alkyl halides is 3. The van der Waals surface area contributed by atoms with E-state index in [9.17, 15) is 18.0 Å². The number of anilines is 1. The molecule has 0 aliphatic carbocycles. The number of nitrogens with one attached hydrogen (secondary N) is 1. The number of ether oxygens (including phenoxy) is 1. The Morgan fingerprint density at radius 3 is 2.48 bits per heavy atom. The molecule has 1 unspecified atom stereocenters. The van der Waals surface area contributed by atoms with Crippen LogP contribution in [0.2, 0.25) is 0 Å². The highest BCUT2D eigenvalue weighted by molar-refractivity contribution is 5.93. The SMILES string of the molecule is CC1=C(C(=O)OC(C)(C)C)C(c2ccccc2C(F)(F)F)n2nccc2N1. The monoisotopic (exact) mass is 379 g/mol. The molecule has 0 spiro atoms. The van der Waals surface area contributed by atoms with Gasteiger partial charge in [-0.15, -0.1) is 0 Å². The van der Waals surface area contributed by atoms with E-state index in [0.717, 1.165) is 6.07 Å². The molecule has 1 aromatic heterocycles. The summed E-state index contributed by atoms with van der Waals surface area (Å²) in [6.07, 6.45) is -3.10. The number of allylic oxidation sites excluding steroid dienone is 1. The highest BCUT2D eigenvalue weighted by atomic mass is 19.4. The first-order chi connectivity index (χ1) is 12.5. The van der Waals surface area contributed by atoms with Gasteiger partial charge in [-0.3, -0.25) is 0 Å². The molecule has 3 rings (SSSR count). The van der Waals surface area contributed by atoms with Crippen molar-refractivity contribution in [3.05, 3.63) is 58.9 Å². The number of esters is 1. The number of carbonyl (C=O) groups is 1. The maximum Gasteiger partial charge on any atom is 0.416 e. The second-order valence-corrected chi connectivity index (χ2v) is 7.31. The lowest BCUT2D eigenvalue weighted by atomic mass is 9.91. The van der Waals surface area contributed by atoms with E-state index in [1.54, 1.807) is 33.8 Å². The van der Waals surface area contributed by atoms with Crippen LogP contribution in [0.25, 0.3) is 0 Å². The van der Waals surface area contributed by atoms with Gasteiger partial charge >= 0.3 is 12.1 Å². The van der Waals surface area contributed by atoms with Crippen LogP contribution in [0.4, 0.5) is 19.0 Å². The van der Waals surface area contributed by atoms with Crippen LogP contribution in [0.5, 0.6) is 0 Å². The Balaban J connectivity index is 2.21. The molecule has 0 saturated heterocycles. The fraction of sp³-hybridized carbons (Fsp3) is 0.368. The topological polar surface area (TPSA) is 56.2 Å². The number of benzene rings is 1. The van der Waals surface area contributed by atoms with Crippen LogP contribution in [-0.2, 0) is 15.7 Å². The summed E-state index contributed by atoms with van der Waals surface area (Å²) >= 11 is 0. The first kappa shape index (κ1) is 19.0. The number of aromatic nitrogens is 2. The van der Waals surface area contributed by atoms with Crippen molar-refractivity contribution in [1.82, 2.24) is 9.78 Å². The summed E-state index contributed by atoms with van der Waals surface area (Å²) in [5, 5.41) is 7.16. The molecule has 5 nitrogen and oxygen atoms in total. The standard InChI is InChI=1S/C19H20F3N3O2/c1-11-15(17(26)27-18(2,3)4)16(25-14(24-11)9-10-23-25)12-7-5-6-8-13(12)19(20,21)22/h5-10,16,24H,1-4H3. The van der Waals surface area contributed by atoms with Gasteiger partial charge in [-0.05, 0) is 39.3 Å². The molecular formula is C19H20F3N3O2. The van der Waals surface area contributed by atoms with Crippen molar-refractivity contribution in [3.63, 3.8) is 0 Å². The summed E-state index contributed by atoms with van der Waals surface area (Å²) in [7, 11) is 0. The largest absolute Gasteiger partial charge is 0.456 e. The highest BCUT2D eigenvalue weighted by Gasteiger charge is 2.41. The Morgan fingerprint density at radius 1 is 1.19 bits per heavy atom. The Labute approximate surface area is 154 Å². The van der Waals surface area contributed by atoms with Crippen molar-refractivity contribution in [2.45, 2.75) is 45.5 Å². The van der Waals surface area contributed by atoms with Crippen LogP contribution in [0.15, 0.2) is 47.8 Å². The second-order valence-electron chi connectivity index (χ2n) is 7.31. The van der Waals surface area contributed by atoms with Gasteiger partial charge in [-0.25, -0.2) is 9.48 Å². The minimum Gasteiger partial charge on any atom is -0.456 e. The van der Waals surface area contributed by atoms with E-state index in [-0.39, 0.29) is 11.1 Å². The summed E-state index contributed by atoms with van der Waals surface area (Å²) in [6, 6.07) is 5.78. The molecule has 1 aromatic carbocycles. The molecule has 1 atom stereocenters. The number of hydrogen-bond donors (Lipinski definition) is 1. The molecular weight excluding hydrogens is 359 g/mol. The van der Waals surface area contributed by atoms with Gasteiger partial charge in [0.2, 0.25) is 0 Å². The Bertz CT molecular complexity index is 907. The third kappa shape index (κ3) is 3.70. The third-order valence-corrected chi connectivity index (χ3v) is 4.09. The van der Waals surface area contributed by atoms with E-state index in [1.165, 1.54) is 29.1 Å². The third-order valence-electron chi connectivity index (χ3n) is 4.09. The highest BCUT2D eigenvalue weighted by Crippen LogP contribution is 2.42. The van der Waals surface area contributed by atoms with E-state index < -0.39 is 29.4 Å². The molecule has 0 amide bonds. The van der Waals surface area contributed by atoms with Crippen molar-refractivity contribution in [1.29, 1.82) is 0 Å². The Hall–Kier alpha value is -2.77. The zero-order valence-electron chi connectivity index (χ0n) is 15.4. The molecule has 1 aliphatic rings. The molecule has 0 saturated carbocycles. The van der Waals surface area contributed by atoms with Gasteiger partial charge in [0, 0.05) is 11.8 Å². The summed E-state index contributed by atoms with van der Waals surface area (Å²) in [4.78, 5) is 12.9. The van der Waals surface area contributed by atoms with Crippen molar-refractivity contribution in [2.75, 3.05) is 5.32 Å². The zero-order valence-corrected chi connectivity index (χ0v) is 15.4. The summed E-state index contributed by atoms with van der Waals surface area (Å²) in [5.74, 6) is -0.183. The van der Waals surface area contributed by atoms with E-state index in [2.05, 4.69) is 10.4 Å². The molecule has 1 N–H and O–H groups in total. The van der Waals surface area contributed by atoms with Gasteiger partial charge < -0.3 is 10.1 Å². The van der Waals surface area contributed by atoms with E-state index in [4.69, 9.17) is 4.74 Å². The molecule has 1 aliphatic heterocycles. The first-order valence-corrected chi connectivity index (χ1v) is 8.40. The van der Waals surface area contributed by atoms with Crippen molar-refractivity contribution in [2.24, 2.45) is 0 Å². The second kappa shape index (κ2) is 6.44. The van der Waals surface area contributed by atoms with Crippen LogP contribution in [0, 0.1) is 0 Å². The van der Waals surface area contributed by atoms with Gasteiger partial charge in [-0.2, -0.15) is 18.3 Å². The molecule has 0 bridgehead atoms. The van der Waals surface area contributed by atoms with E-state index >= 15 is 0 Å². The molecule has 2 heterocycles. The van der Waals surface area contributed by atoms with E-state index in [0.29, 0.717) is 11.5 Å². The molecule has 8 heteroatoms. The normalized spacial score (nSPS) is 17.4. The van der Waals surface area contributed by atoms with Crippen molar-refractivity contribution in [3.8, 4) is 0 Å². The van der Waals surface area contributed by atoms with Crippen LogP contribution >= 0.6 is 0 Å². The fourth-order valence-corrected chi connectivity index (χ4v) is 3.08. The van der Waals surface area contributed by atoms with Crippen LogP contribution < -0.4 is 5.32 Å². The lowest BCUT2D eigenvalue weighted by Crippen LogP contribution is -2.34. The summed E-state index contributed by atoms with van der Waals surface area (Å²) in [5.41, 5.74) is -1.14. The van der Waals surface area contributed by atoms with Crippen LogP contribution in [0.1, 0.15) is 44.9 Å². The van der Waals surface area contributed by atoms with E-state index in [1.807, 2.05) is 0 Å². The van der Waals surface area contributed by atoms with Gasteiger partial charge in [-0.1, -0.05) is 18.2 Å². The quantitative estimate of drug-likeness (QED) is 0.779. The average Bonchev–Trinajstić information content (AvgIpc) is 2.98. The molecule has 0 radical (unpaired) electrons. The number of hydrogen-bond acceptors (Lipinski definition) is 4. The van der Waals surface area contributed by atoms with Gasteiger partial charge in [0.15, 0.2) is 0 Å². The number of fused-ring (bicyclic) bond motifs is 1. The van der Waals surface area contributed by atoms with Gasteiger partial charge in [0.05, 0.1) is 17.3 Å². The molecule has 27 heavy (non-hydrogen) atoms.